The highest BCUT2D eigenvalue weighted by molar-refractivity contribution is 6.53. The lowest BCUT2D eigenvalue weighted by atomic mass is 10.3. The number of hydrogen-bond donors (Lipinski definition) is 1. The number of nitrogens with zero attached hydrogens (tertiary/aromatic N) is 3. The van der Waals surface area contributed by atoms with Gasteiger partial charge in [-0.3, -0.25) is 14.4 Å². The Morgan fingerprint density at radius 2 is 1.88 bits per heavy atom. The summed E-state index contributed by atoms with van der Waals surface area (Å²) in [6.45, 7) is 1.05. The Bertz CT molecular complexity index is 829. The molecule has 1 aromatic heterocycles. The molecule has 0 saturated carbocycles. The van der Waals surface area contributed by atoms with Gasteiger partial charge in [0.15, 0.2) is 5.82 Å². The quantitative estimate of drug-likeness (QED) is 0.659. The maximum atomic E-state index is 12.3. The Labute approximate surface area is 135 Å². The minimum Gasteiger partial charge on any atom is -0.360 e. The number of rotatable bonds is 4. The zero-order chi connectivity index (χ0) is 17.3. The van der Waals surface area contributed by atoms with E-state index in [0.29, 0.717) is 10.7 Å². The molecule has 1 aliphatic heterocycles. The fourth-order valence-electron chi connectivity index (χ4n) is 2.20. The molecule has 3 rings (SSSR count). The summed E-state index contributed by atoms with van der Waals surface area (Å²) < 4.78 is 4.80. The van der Waals surface area contributed by atoms with Gasteiger partial charge < -0.3 is 9.84 Å². The van der Waals surface area contributed by atoms with Gasteiger partial charge in [-0.05, 0) is 19.1 Å². The first kappa shape index (κ1) is 15.4. The van der Waals surface area contributed by atoms with E-state index in [4.69, 9.17) is 4.52 Å². The van der Waals surface area contributed by atoms with Crippen LogP contribution in [-0.4, -0.2) is 40.4 Å². The third-order valence-corrected chi connectivity index (χ3v) is 3.26. The highest BCUT2D eigenvalue weighted by Gasteiger charge is 2.46. The van der Waals surface area contributed by atoms with E-state index in [1.165, 1.54) is 18.2 Å². The van der Waals surface area contributed by atoms with Crippen molar-refractivity contribution in [2.75, 3.05) is 16.8 Å². The predicted octanol–water partition coefficient (Wildman–Crippen LogP) is 0.917. The second-order valence-electron chi connectivity index (χ2n) is 5.02. The molecule has 0 radical (unpaired) electrons. The molecule has 9 nitrogen and oxygen atoms in total. The highest BCUT2D eigenvalue weighted by atomic mass is 16.5. The number of carbonyl (C=O) groups is 4. The standard InChI is InChI=1S/C15H12N4O5/c1-9-7-11(17-24-9)16-12(20)8-18-13(21)14(22)19(15(18)23)10-5-3-2-4-6-10/h2-7H,8H2,1H3,(H,16,17,20). The molecule has 1 N–H and O–H groups in total. The van der Waals surface area contributed by atoms with Crippen molar-refractivity contribution in [1.29, 1.82) is 0 Å². The van der Waals surface area contributed by atoms with E-state index in [2.05, 4.69) is 10.5 Å². The molecular formula is C15H12N4O5. The molecule has 1 saturated heterocycles. The minimum absolute atomic E-state index is 0.155. The summed E-state index contributed by atoms with van der Waals surface area (Å²) >= 11 is 0. The molecule has 0 aliphatic carbocycles. The normalized spacial score (nSPS) is 14.5. The first-order valence-electron chi connectivity index (χ1n) is 6.95. The van der Waals surface area contributed by atoms with Crippen molar-refractivity contribution in [2.45, 2.75) is 6.92 Å². The zero-order valence-electron chi connectivity index (χ0n) is 12.6. The van der Waals surface area contributed by atoms with E-state index < -0.39 is 30.3 Å². The molecule has 0 spiro atoms. The van der Waals surface area contributed by atoms with Crippen molar-refractivity contribution >= 4 is 35.3 Å². The molecule has 0 bridgehead atoms. The van der Waals surface area contributed by atoms with Crippen LogP contribution in [0, 0.1) is 6.92 Å². The van der Waals surface area contributed by atoms with Gasteiger partial charge in [0.05, 0.1) is 5.69 Å². The smallest absolute Gasteiger partial charge is 0.339 e. The summed E-state index contributed by atoms with van der Waals surface area (Å²) in [6, 6.07) is 8.61. The molecule has 9 heteroatoms. The van der Waals surface area contributed by atoms with Crippen LogP contribution in [0.15, 0.2) is 40.9 Å². The van der Waals surface area contributed by atoms with Crippen molar-refractivity contribution in [3.05, 3.63) is 42.2 Å². The summed E-state index contributed by atoms with van der Waals surface area (Å²) in [5, 5.41) is 5.95. The van der Waals surface area contributed by atoms with Gasteiger partial charge in [0, 0.05) is 6.07 Å². The zero-order valence-corrected chi connectivity index (χ0v) is 12.6. The van der Waals surface area contributed by atoms with Crippen molar-refractivity contribution in [2.24, 2.45) is 0 Å². The SMILES string of the molecule is Cc1cc(NC(=O)CN2C(=O)C(=O)N(c3ccccc3)C2=O)no1. The largest absolute Gasteiger partial charge is 0.360 e. The molecule has 1 aromatic carbocycles. The summed E-state index contributed by atoms with van der Waals surface area (Å²) in [7, 11) is 0. The first-order chi connectivity index (χ1) is 11.5. The molecule has 1 aliphatic rings. The molecule has 24 heavy (non-hydrogen) atoms. The Morgan fingerprint density at radius 1 is 1.17 bits per heavy atom. The van der Waals surface area contributed by atoms with E-state index in [0.717, 1.165) is 4.90 Å². The number of amides is 5. The molecule has 2 aromatic rings. The Hall–Kier alpha value is -3.49. The average Bonchev–Trinajstić information content (AvgIpc) is 3.05. The fourth-order valence-corrected chi connectivity index (χ4v) is 2.20. The van der Waals surface area contributed by atoms with Crippen LogP contribution >= 0.6 is 0 Å². The maximum Gasteiger partial charge on any atom is 0.339 e. The van der Waals surface area contributed by atoms with E-state index in [-0.39, 0.29) is 11.5 Å². The summed E-state index contributed by atoms with van der Waals surface area (Å²) in [5.41, 5.74) is 0.260. The third kappa shape index (κ3) is 2.74. The monoisotopic (exact) mass is 328 g/mol. The topological polar surface area (TPSA) is 113 Å². The molecule has 0 unspecified atom stereocenters. The van der Waals surface area contributed by atoms with E-state index in [1.54, 1.807) is 25.1 Å². The van der Waals surface area contributed by atoms with Crippen LogP contribution in [-0.2, 0) is 14.4 Å². The van der Waals surface area contributed by atoms with Crippen molar-refractivity contribution in [3.8, 4) is 0 Å². The third-order valence-electron chi connectivity index (χ3n) is 3.26. The maximum absolute atomic E-state index is 12.3. The van der Waals surface area contributed by atoms with Gasteiger partial charge >= 0.3 is 17.8 Å². The second-order valence-corrected chi connectivity index (χ2v) is 5.02. The molecule has 122 valence electrons. The lowest BCUT2D eigenvalue weighted by Gasteiger charge is -2.14. The van der Waals surface area contributed by atoms with E-state index in [1.807, 2.05) is 0 Å². The van der Waals surface area contributed by atoms with Crippen LogP contribution in [0.25, 0.3) is 0 Å². The van der Waals surface area contributed by atoms with Crippen molar-refractivity contribution < 1.29 is 23.7 Å². The Kier molecular flexibility index (Phi) is 3.82. The fraction of sp³-hybridized carbons (Fsp3) is 0.133. The number of benzene rings is 1. The van der Waals surface area contributed by atoms with E-state index >= 15 is 0 Å². The molecular weight excluding hydrogens is 316 g/mol. The van der Waals surface area contributed by atoms with Crippen LogP contribution < -0.4 is 10.2 Å². The van der Waals surface area contributed by atoms with Crippen LogP contribution in [0.2, 0.25) is 0 Å². The van der Waals surface area contributed by atoms with Crippen LogP contribution in [0.3, 0.4) is 0 Å². The number of carbonyl (C=O) groups excluding carboxylic acids is 4. The predicted molar refractivity (Wildman–Crippen MR) is 80.9 cm³/mol. The number of nitrogens with one attached hydrogen (secondary N) is 1. The molecule has 5 amide bonds. The average molecular weight is 328 g/mol. The van der Waals surface area contributed by atoms with Crippen LogP contribution in [0.1, 0.15) is 5.76 Å². The second kappa shape index (κ2) is 5.95. The van der Waals surface area contributed by atoms with Gasteiger partial charge in [-0.15, -0.1) is 0 Å². The van der Waals surface area contributed by atoms with Crippen LogP contribution in [0.5, 0.6) is 0 Å². The Balaban J connectivity index is 1.74. The molecule has 2 heterocycles. The van der Waals surface area contributed by atoms with Gasteiger partial charge in [-0.1, -0.05) is 23.4 Å². The number of imide groups is 2. The Morgan fingerprint density at radius 3 is 2.50 bits per heavy atom. The molecule has 1 fully saturated rings. The van der Waals surface area contributed by atoms with Crippen molar-refractivity contribution in [1.82, 2.24) is 10.1 Å². The summed E-state index contributed by atoms with van der Waals surface area (Å²) in [5.74, 6) is -2.09. The first-order valence-corrected chi connectivity index (χ1v) is 6.95. The lowest BCUT2D eigenvalue weighted by Crippen LogP contribution is -2.39. The number of urea groups is 1. The van der Waals surface area contributed by atoms with Crippen LogP contribution in [0.4, 0.5) is 16.3 Å². The van der Waals surface area contributed by atoms with Crippen molar-refractivity contribution in [3.63, 3.8) is 0 Å². The number of aromatic nitrogens is 1. The number of anilines is 2. The van der Waals surface area contributed by atoms with Gasteiger partial charge in [0.2, 0.25) is 5.91 Å². The van der Waals surface area contributed by atoms with Gasteiger partial charge in [0.25, 0.3) is 0 Å². The molecule has 0 atom stereocenters. The number of hydrogen-bond acceptors (Lipinski definition) is 6. The van der Waals surface area contributed by atoms with E-state index in [9.17, 15) is 19.2 Å². The summed E-state index contributed by atoms with van der Waals surface area (Å²) in [4.78, 5) is 49.6. The number of para-hydroxylation sites is 1. The van der Waals surface area contributed by atoms with Gasteiger partial charge in [-0.25, -0.2) is 14.6 Å². The van der Waals surface area contributed by atoms with Gasteiger partial charge in [0.1, 0.15) is 12.3 Å². The highest BCUT2D eigenvalue weighted by Crippen LogP contribution is 2.21. The number of aryl methyl sites for hydroxylation is 1. The van der Waals surface area contributed by atoms with Gasteiger partial charge in [-0.2, -0.15) is 0 Å². The summed E-state index contributed by atoms with van der Waals surface area (Å²) in [6.07, 6.45) is 0. The lowest BCUT2D eigenvalue weighted by molar-refractivity contribution is -0.140. The minimum atomic E-state index is -1.06.